The summed E-state index contributed by atoms with van der Waals surface area (Å²) in [6.07, 6.45) is 2.32. The molecule has 0 saturated carbocycles. The number of hydrogen-bond donors (Lipinski definition) is 1. The first-order valence-electron chi connectivity index (χ1n) is 7.58. The number of fused-ring (bicyclic) bond motifs is 3. The van der Waals surface area contributed by atoms with Crippen molar-refractivity contribution in [3.05, 3.63) is 34.4 Å². The second-order valence-electron chi connectivity index (χ2n) is 6.02. The van der Waals surface area contributed by atoms with Crippen LogP contribution in [0.15, 0.2) is 12.1 Å². The van der Waals surface area contributed by atoms with Crippen molar-refractivity contribution >= 4 is 5.97 Å². The molecule has 1 aromatic carbocycles. The van der Waals surface area contributed by atoms with Crippen LogP contribution in [-0.2, 0) is 17.8 Å². The Labute approximate surface area is 119 Å². The molecule has 0 radical (unpaired) electrons. The van der Waals surface area contributed by atoms with Crippen LogP contribution in [0.2, 0.25) is 0 Å². The van der Waals surface area contributed by atoms with Gasteiger partial charge in [0.05, 0.1) is 5.56 Å². The summed E-state index contributed by atoms with van der Waals surface area (Å²) >= 11 is 0. The maximum Gasteiger partial charge on any atom is 0.338 e. The van der Waals surface area contributed by atoms with Gasteiger partial charge in [0.25, 0.3) is 0 Å². The smallest absolute Gasteiger partial charge is 0.338 e. The quantitative estimate of drug-likeness (QED) is 0.824. The summed E-state index contributed by atoms with van der Waals surface area (Å²) in [6, 6.07) is 4.14. The fraction of sp³-hybridized carbons (Fsp3) is 0.562. The molecule has 0 aromatic heterocycles. The Morgan fingerprint density at radius 3 is 2.95 bits per heavy atom. The Morgan fingerprint density at radius 1 is 1.25 bits per heavy atom. The molecule has 106 valence electrons. The van der Waals surface area contributed by atoms with E-state index in [1.165, 1.54) is 17.5 Å². The second-order valence-corrected chi connectivity index (χ2v) is 6.02. The number of hydrogen-bond acceptors (Lipinski definition) is 4. The van der Waals surface area contributed by atoms with Crippen molar-refractivity contribution < 1.29 is 9.53 Å². The van der Waals surface area contributed by atoms with Crippen LogP contribution in [0.5, 0.6) is 0 Å². The number of rotatable bonds is 2. The minimum atomic E-state index is -0.145. The van der Waals surface area contributed by atoms with E-state index in [4.69, 9.17) is 4.74 Å². The molecule has 1 aromatic rings. The summed E-state index contributed by atoms with van der Waals surface area (Å²) < 4.78 is 5.18. The van der Waals surface area contributed by atoms with Crippen LogP contribution >= 0.6 is 0 Å². The molecular formula is C16H20N2O2. The summed E-state index contributed by atoms with van der Waals surface area (Å²) in [5.41, 5.74) is 4.82. The molecule has 4 rings (SSSR count). The largest absolute Gasteiger partial charge is 0.457 e. The highest BCUT2D eigenvalue weighted by Crippen LogP contribution is 2.39. The highest BCUT2D eigenvalue weighted by Gasteiger charge is 2.32. The number of carbonyl (C=O) groups excluding carboxylic acids is 1. The summed E-state index contributed by atoms with van der Waals surface area (Å²) in [4.78, 5) is 14.2. The Bertz CT molecular complexity index is 550. The lowest BCUT2D eigenvalue weighted by molar-refractivity contribution is 0.0535. The molecule has 2 aliphatic heterocycles. The number of esters is 1. The Balaban J connectivity index is 1.58. The molecular weight excluding hydrogens is 252 g/mol. The van der Waals surface area contributed by atoms with Crippen molar-refractivity contribution in [2.24, 2.45) is 0 Å². The first-order chi connectivity index (χ1) is 9.83. The molecule has 1 unspecified atom stereocenters. The first-order valence-corrected chi connectivity index (χ1v) is 7.58. The van der Waals surface area contributed by atoms with Gasteiger partial charge in [0.2, 0.25) is 0 Å². The third-order valence-electron chi connectivity index (χ3n) is 4.91. The Kier molecular flexibility index (Phi) is 3.00. The zero-order valence-corrected chi connectivity index (χ0v) is 11.7. The molecule has 0 spiro atoms. The molecule has 20 heavy (non-hydrogen) atoms. The van der Waals surface area contributed by atoms with Gasteiger partial charge < -0.3 is 15.0 Å². The average Bonchev–Trinajstić information content (AvgIpc) is 3.05. The van der Waals surface area contributed by atoms with Crippen molar-refractivity contribution in [1.29, 1.82) is 0 Å². The zero-order valence-electron chi connectivity index (χ0n) is 11.7. The van der Waals surface area contributed by atoms with E-state index in [2.05, 4.69) is 16.3 Å². The van der Waals surface area contributed by atoms with Gasteiger partial charge in [-0.15, -0.1) is 0 Å². The lowest BCUT2D eigenvalue weighted by Gasteiger charge is -2.29. The van der Waals surface area contributed by atoms with Gasteiger partial charge in [-0.05, 0) is 36.0 Å². The van der Waals surface area contributed by atoms with Crippen molar-refractivity contribution in [3.8, 4) is 0 Å². The highest BCUT2D eigenvalue weighted by atomic mass is 16.5. The van der Waals surface area contributed by atoms with Crippen molar-refractivity contribution in [2.45, 2.75) is 25.4 Å². The Hall–Kier alpha value is -1.39. The molecule has 4 nitrogen and oxygen atoms in total. The summed E-state index contributed by atoms with van der Waals surface area (Å²) in [6.45, 7) is 6.15. The third kappa shape index (κ3) is 1.95. The van der Waals surface area contributed by atoms with Crippen molar-refractivity contribution in [1.82, 2.24) is 10.2 Å². The zero-order chi connectivity index (χ0) is 13.5. The molecule has 1 aliphatic carbocycles. The number of carbonyl (C=O) groups is 1. The van der Waals surface area contributed by atoms with E-state index in [9.17, 15) is 4.79 Å². The minimum absolute atomic E-state index is 0.145. The van der Waals surface area contributed by atoms with E-state index in [-0.39, 0.29) is 5.97 Å². The van der Waals surface area contributed by atoms with Crippen LogP contribution in [0.4, 0.5) is 0 Å². The molecule has 0 bridgehead atoms. The first kappa shape index (κ1) is 12.4. The van der Waals surface area contributed by atoms with E-state index in [1.54, 1.807) is 0 Å². The van der Waals surface area contributed by atoms with E-state index in [0.717, 1.165) is 50.3 Å². The number of benzene rings is 1. The number of piperazine rings is 1. The number of nitrogens with one attached hydrogen (secondary N) is 1. The normalized spacial score (nSPS) is 25.4. The van der Waals surface area contributed by atoms with Gasteiger partial charge in [-0.25, -0.2) is 4.79 Å². The molecule has 1 fully saturated rings. The van der Waals surface area contributed by atoms with Crippen LogP contribution in [0.1, 0.15) is 39.4 Å². The van der Waals surface area contributed by atoms with Gasteiger partial charge in [0.1, 0.15) is 6.61 Å². The van der Waals surface area contributed by atoms with Gasteiger partial charge in [-0.2, -0.15) is 0 Å². The van der Waals surface area contributed by atoms with E-state index in [1.807, 2.05) is 6.07 Å². The van der Waals surface area contributed by atoms with Gasteiger partial charge in [0.15, 0.2) is 0 Å². The SMILES string of the molecule is O=C1OCc2c1ccc1c2CCC1CN1CCNCC1. The monoisotopic (exact) mass is 272 g/mol. The number of ether oxygens (including phenoxy) is 1. The molecule has 3 aliphatic rings. The van der Waals surface area contributed by atoms with Crippen LogP contribution < -0.4 is 5.32 Å². The number of nitrogens with zero attached hydrogens (tertiary/aromatic N) is 1. The summed E-state index contributed by atoms with van der Waals surface area (Å²) in [7, 11) is 0. The molecule has 1 atom stereocenters. The fourth-order valence-electron chi connectivity index (χ4n) is 3.83. The molecule has 2 heterocycles. The predicted octanol–water partition coefficient (Wildman–Crippen LogP) is 1.29. The van der Waals surface area contributed by atoms with Gasteiger partial charge in [-0.1, -0.05) is 6.07 Å². The number of cyclic esters (lactones) is 1. The average molecular weight is 272 g/mol. The van der Waals surface area contributed by atoms with Crippen LogP contribution in [0.25, 0.3) is 0 Å². The molecule has 1 saturated heterocycles. The summed E-state index contributed by atoms with van der Waals surface area (Å²) in [5.74, 6) is 0.484. The molecule has 4 heteroatoms. The minimum Gasteiger partial charge on any atom is -0.457 e. The maximum atomic E-state index is 11.6. The summed E-state index contributed by atoms with van der Waals surface area (Å²) in [5, 5.41) is 3.40. The van der Waals surface area contributed by atoms with Crippen molar-refractivity contribution in [3.63, 3.8) is 0 Å². The van der Waals surface area contributed by atoms with Crippen molar-refractivity contribution in [2.75, 3.05) is 32.7 Å². The molecule has 1 N–H and O–H groups in total. The van der Waals surface area contributed by atoms with Crippen LogP contribution in [0, 0.1) is 0 Å². The van der Waals surface area contributed by atoms with Gasteiger partial charge >= 0.3 is 5.97 Å². The Morgan fingerprint density at radius 2 is 2.10 bits per heavy atom. The lowest BCUT2D eigenvalue weighted by Crippen LogP contribution is -2.44. The van der Waals surface area contributed by atoms with Crippen LogP contribution in [-0.4, -0.2) is 43.6 Å². The predicted molar refractivity (Wildman–Crippen MR) is 75.9 cm³/mol. The topological polar surface area (TPSA) is 41.6 Å². The standard InChI is InChI=1S/C16H20N2O2/c19-16-14-4-3-12-11(9-18-7-5-17-6-8-18)1-2-13(12)15(14)10-20-16/h3-4,11,17H,1-2,5-10H2. The van der Waals surface area contributed by atoms with E-state index in [0.29, 0.717) is 12.5 Å². The van der Waals surface area contributed by atoms with Gasteiger partial charge in [-0.3, -0.25) is 0 Å². The second kappa shape index (κ2) is 4.86. The van der Waals surface area contributed by atoms with E-state index < -0.39 is 0 Å². The highest BCUT2D eigenvalue weighted by molar-refractivity contribution is 5.94. The fourth-order valence-corrected chi connectivity index (χ4v) is 3.83. The van der Waals surface area contributed by atoms with E-state index >= 15 is 0 Å². The van der Waals surface area contributed by atoms with Gasteiger partial charge in [0, 0.05) is 38.3 Å². The lowest BCUT2D eigenvalue weighted by atomic mass is 9.95. The van der Waals surface area contributed by atoms with Crippen LogP contribution in [0.3, 0.4) is 0 Å². The third-order valence-corrected chi connectivity index (χ3v) is 4.91. The molecule has 0 amide bonds. The maximum absolute atomic E-state index is 11.6.